The van der Waals surface area contributed by atoms with Crippen LogP contribution in [-0.4, -0.2) is 19.5 Å². The van der Waals surface area contributed by atoms with Gasteiger partial charge in [0.1, 0.15) is 11.2 Å². The molecule has 4 nitrogen and oxygen atoms in total. The Bertz CT molecular complexity index is 3070. The minimum absolute atomic E-state index is 0.00511. The van der Waals surface area contributed by atoms with Crippen LogP contribution in [0.25, 0.3) is 92.1 Å². The number of aromatic nitrogens is 4. The summed E-state index contributed by atoms with van der Waals surface area (Å²) >= 11 is 1.83. The fraction of sp³-hybridized carbons (Fsp3) is 0. The maximum Gasteiger partial charge on any atom is 0.160 e. The fourth-order valence-corrected chi connectivity index (χ4v) is 8.03. The van der Waals surface area contributed by atoms with Crippen molar-refractivity contribution in [3.63, 3.8) is 0 Å². The first-order valence-corrected chi connectivity index (χ1v) is 15.8. The van der Waals surface area contributed by atoms with E-state index in [2.05, 4.69) is 94.5 Å². The van der Waals surface area contributed by atoms with Gasteiger partial charge >= 0.3 is 0 Å². The van der Waals surface area contributed by atoms with Crippen LogP contribution in [0.2, 0.25) is 0 Å². The Labute approximate surface area is 274 Å². The number of benzene rings is 6. The number of rotatable bonds is 3. The number of thiophene rings is 1. The lowest BCUT2D eigenvalue weighted by molar-refractivity contribution is 1.18. The summed E-state index contributed by atoms with van der Waals surface area (Å²) in [6, 6.07) is 35.5. The van der Waals surface area contributed by atoms with Crippen molar-refractivity contribution in [3.8, 4) is 28.3 Å². The highest BCUT2D eigenvalue weighted by molar-refractivity contribution is 7.27. The molecular formula is C41H24N4S. The molecule has 0 aliphatic rings. The fourth-order valence-electron chi connectivity index (χ4n) is 6.79. The quantitative estimate of drug-likeness (QED) is 0.200. The van der Waals surface area contributed by atoms with E-state index in [9.17, 15) is 0 Å². The van der Waals surface area contributed by atoms with E-state index >= 15 is 0 Å². The number of hydrogen-bond donors (Lipinski definition) is 0. The second kappa shape index (κ2) is 9.80. The molecule has 0 amide bonds. The lowest BCUT2D eigenvalue weighted by Crippen LogP contribution is -1.98. The van der Waals surface area contributed by atoms with Crippen molar-refractivity contribution in [1.82, 2.24) is 19.5 Å². The Morgan fingerprint density at radius 1 is 0.609 bits per heavy atom. The highest BCUT2D eigenvalue weighted by Crippen LogP contribution is 2.47. The Morgan fingerprint density at radius 3 is 2.20 bits per heavy atom. The van der Waals surface area contributed by atoms with E-state index in [0.717, 1.165) is 22.3 Å². The molecule has 0 bridgehead atoms. The third-order valence-electron chi connectivity index (χ3n) is 8.72. The van der Waals surface area contributed by atoms with Gasteiger partial charge in [0.2, 0.25) is 0 Å². The monoisotopic (exact) mass is 609 g/mol. The topological polar surface area (TPSA) is 43.6 Å². The molecule has 10 rings (SSSR count). The molecule has 4 aromatic heterocycles. The molecule has 6 aromatic carbocycles. The summed E-state index contributed by atoms with van der Waals surface area (Å²) in [6.45, 7) is 0. The molecule has 0 aliphatic carbocycles. The second-order valence-corrected chi connectivity index (χ2v) is 12.3. The SMILES string of the molecule is [2H]c1c([2H])c([2H])c(-c2nc(-c3ccc(-n4c5ccccc5c5c6ccccc6c6sc7ccccc7c6c54)cc3)nc3cccnc23)c([2H])c1[2H]. The number of para-hydroxylation sites is 1. The van der Waals surface area contributed by atoms with Crippen LogP contribution in [0.4, 0.5) is 0 Å². The van der Waals surface area contributed by atoms with Gasteiger partial charge in [-0.1, -0.05) is 90.9 Å². The minimum Gasteiger partial charge on any atom is -0.309 e. The van der Waals surface area contributed by atoms with Crippen molar-refractivity contribution in [3.05, 3.63) is 146 Å². The van der Waals surface area contributed by atoms with Crippen LogP contribution in [0.3, 0.4) is 0 Å². The van der Waals surface area contributed by atoms with Gasteiger partial charge < -0.3 is 4.57 Å². The lowest BCUT2D eigenvalue weighted by atomic mass is 10.00. The van der Waals surface area contributed by atoms with E-state index in [1.165, 1.54) is 41.7 Å². The van der Waals surface area contributed by atoms with Gasteiger partial charge in [-0.2, -0.15) is 0 Å². The van der Waals surface area contributed by atoms with Crippen molar-refractivity contribution in [2.24, 2.45) is 0 Å². The molecule has 0 saturated heterocycles. The van der Waals surface area contributed by atoms with Crippen molar-refractivity contribution >= 4 is 75.1 Å². The highest BCUT2D eigenvalue weighted by Gasteiger charge is 2.22. The van der Waals surface area contributed by atoms with Gasteiger partial charge in [0.05, 0.1) is 23.4 Å². The summed E-state index contributed by atoms with van der Waals surface area (Å²) in [5.41, 5.74) is 5.01. The molecule has 0 N–H and O–H groups in total. The summed E-state index contributed by atoms with van der Waals surface area (Å²) in [4.78, 5) is 14.1. The largest absolute Gasteiger partial charge is 0.309 e. The summed E-state index contributed by atoms with van der Waals surface area (Å²) < 4.78 is 46.8. The van der Waals surface area contributed by atoms with Gasteiger partial charge in [0.15, 0.2) is 5.82 Å². The maximum atomic E-state index is 8.65. The third-order valence-corrected chi connectivity index (χ3v) is 9.93. The molecule has 4 heterocycles. The maximum absolute atomic E-state index is 8.65. The van der Waals surface area contributed by atoms with E-state index in [1.807, 2.05) is 23.5 Å². The van der Waals surface area contributed by atoms with Crippen LogP contribution in [0, 0.1) is 0 Å². The molecule has 0 unspecified atom stereocenters. The van der Waals surface area contributed by atoms with Gasteiger partial charge in [-0.3, -0.25) is 4.98 Å². The molecule has 5 heteroatoms. The average molecular weight is 610 g/mol. The van der Waals surface area contributed by atoms with E-state index in [4.69, 9.17) is 16.8 Å². The van der Waals surface area contributed by atoms with Crippen LogP contribution in [0.1, 0.15) is 6.85 Å². The lowest BCUT2D eigenvalue weighted by Gasteiger charge is -2.12. The normalized spacial score (nSPS) is 13.4. The molecule has 214 valence electrons. The molecule has 0 radical (unpaired) electrons. The van der Waals surface area contributed by atoms with Crippen LogP contribution < -0.4 is 0 Å². The van der Waals surface area contributed by atoms with Crippen molar-refractivity contribution in [1.29, 1.82) is 0 Å². The molecule has 0 saturated carbocycles. The summed E-state index contributed by atoms with van der Waals surface area (Å²) in [5, 5.41) is 7.33. The first-order chi connectivity index (χ1) is 24.9. The Balaban J connectivity index is 1.23. The van der Waals surface area contributed by atoms with Crippen LogP contribution in [0.5, 0.6) is 0 Å². The standard InChI is InChI=1S/C41H24N4S/c1-2-11-25(12-3-1)37-38-32(17-10-24-42-38)43-41(44-37)26-20-22-27(23-21-26)45-33-18-8-6-15-30(33)35-28-13-4-5-14-29(28)40-36(39(35)45)31-16-7-9-19-34(31)46-40/h1-24H/i1D,2D,3D,11D,12D. The zero-order valence-electron chi connectivity index (χ0n) is 29.2. The van der Waals surface area contributed by atoms with Crippen LogP contribution >= 0.6 is 11.3 Å². The van der Waals surface area contributed by atoms with Gasteiger partial charge in [-0.15, -0.1) is 11.3 Å². The third kappa shape index (κ3) is 3.63. The Hall–Kier alpha value is -5.91. The summed E-state index contributed by atoms with van der Waals surface area (Å²) in [6.07, 6.45) is 1.58. The van der Waals surface area contributed by atoms with Gasteiger partial charge in [0, 0.05) is 59.3 Å². The molecule has 10 aromatic rings. The molecule has 46 heavy (non-hydrogen) atoms. The van der Waals surface area contributed by atoms with E-state index in [-0.39, 0.29) is 23.3 Å². The van der Waals surface area contributed by atoms with E-state index in [0.29, 0.717) is 16.9 Å². The molecule has 0 aliphatic heterocycles. The number of nitrogens with zero attached hydrogens (tertiary/aromatic N) is 4. The zero-order chi connectivity index (χ0) is 34.5. The summed E-state index contributed by atoms with van der Waals surface area (Å²) in [7, 11) is 0. The molecule has 0 atom stereocenters. The Morgan fingerprint density at radius 2 is 1.35 bits per heavy atom. The minimum atomic E-state index is -0.457. The highest BCUT2D eigenvalue weighted by atomic mass is 32.1. The predicted molar refractivity (Wildman–Crippen MR) is 193 cm³/mol. The van der Waals surface area contributed by atoms with Crippen molar-refractivity contribution in [2.75, 3.05) is 0 Å². The van der Waals surface area contributed by atoms with Crippen molar-refractivity contribution < 1.29 is 6.85 Å². The molecule has 0 spiro atoms. The number of fused-ring (bicyclic) bond motifs is 11. The predicted octanol–water partition coefficient (Wildman–Crippen LogP) is 11.0. The average Bonchev–Trinajstić information content (AvgIpc) is 3.73. The van der Waals surface area contributed by atoms with E-state index in [1.54, 1.807) is 18.3 Å². The number of pyridine rings is 1. The smallest absolute Gasteiger partial charge is 0.160 e. The molecule has 0 fully saturated rings. The molecular weight excluding hydrogens is 581 g/mol. The van der Waals surface area contributed by atoms with E-state index < -0.39 is 18.1 Å². The first kappa shape index (κ1) is 20.9. The second-order valence-electron chi connectivity index (χ2n) is 11.2. The first-order valence-electron chi connectivity index (χ1n) is 17.5. The summed E-state index contributed by atoms with van der Waals surface area (Å²) in [5.74, 6) is 0.364. The van der Waals surface area contributed by atoms with Crippen molar-refractivity contribution in [2.45, 2.75) is 0 Å². The van der Waals surface area contributed by atoms with Gasteiger partial charge in [-0.25, -0.2) is 9.97 Å². The zero-order valence-corrected chi connectivity index (χ0v) is 25.0. The Kier molecular flexibility index (Phi) is 4.46. The van der Waals surface area contributed by atoms with Gasteiger partial charge in [-0.05, 0) is 53.9 Å². The number of hydrogen-bond acceptors (Lipinski definition) is 4. The van der Waals surface area contributed by atoms with Gasteiger partial charge in [0.25, 0.3) is 0 Å². The van der Waals surface area contributed by atoms with Crippen LogP contribution in [0.15, 0.2) is 146 Å². The van der Waals surface area contributed by atoms with Crippen LogP contribution in [-0.2, 0) is 0 Å².